The summed E-state index contributed by atoms with van der Waals surface area (Å²) in [5.74, 6) is 0. The standard InChI is InChI=1S/C26H30N2O2S/c1-5-28(6-2)23-14-17-25(21(4)18-23)26(22-10-8-7-9-11-22)19-27-31(29,30)24-15-12-20(3)13-16-24/h7-19,27H,5-6H2,1-4H3/b26-19-. The highest BCUT2D eigenvalue weighted by Gasteiger charge is 2.15. The fraction of sp³-hybridized carbons (Fsp3) is 0.231. The van der Waals surface area contributed by atoms with Crippen LogP contribution in [0.3, 0.4) is 0 Å². The fourth-order valence-electron chi connectivity index (χ4n) is 3.59. The maximum atomic E-state index is 12.9. The molecule has 3 rings (SSSR count). The Balaban J connectivity index is 2.03. The number of anilines is 1. The van der Waals surface area contributed by atoms with Crippen LogP contribution in [0.4, 0.5) is 5.69 Å². The third kappa shape index (κ3) is 5.36. The summed E-state index contributed by atoms with van der Waals surface area (Å²) in [6.07, 6.45) is 1.60. The van der Waals surface area contributed by atoms with Crippen LogP contribution in [0.5, 0.6) is 0 Å². The molecule has 0 heterocycles. The van der Waals surface area contributed by atoms with Crippen LogP contribution in [0.15, 0.2) is 83.9 Å². The molecule has 4 nitrogen and oxygen atoms in total. The van der Waals surface area contributed by atoms with Gasteiger partial charge in [0.25, 0.3) is 10.0 Å². The fourth-order valence-corrected chi connectivity index (χ4v) is 4.50. The molecular weight excluding hydrogens is 404 g/mol. The second-order valence-corrected chi connectivity index (χ2v) is 9.24. The monoisotopic (exact) mass is 434 g/mol. The van der Waals surface area contributed by atoms with E-state index in [-0.39, 0.29) is 4.90 Å². The van der Waals surface area contributed by atoms with Crippen molar-refractivity contribution in [3.8, 4) is 0 Å². The van der Waals surface area contributed by atoms with E-state index in [1.54, 1.807) is 30.5 Å². The van der Waals surface area contributed by atoms with Crippen molar-refractivity contribution < 1.29 is 8.42 Å². The SMILES string of the molecule is CCN(CC)c1ccc(/C(=C\NS(=O)(=O)c2ccc(C)cc2)c2ccccc2)c(C)c1. The van der Waals surface area contributed by atoms with Crippen molar-refractivity contribution in [2.75, 3.05) is 18.0 Å². The lowest BCUT2D eigenvalue weighted by atomic mass is 9.94. The summed E-state index contributed by atoms with van der Waals surface area (Å²) < 4.78 is 28.4. The number of aryl methyl sites for hydroxylation is 2. The van der Waals surface area contributed by atoms with Crippen LogP contribution in [0.25, 0.3) is 5.57 Å². The molecule has 0 amide bonds. The molecule has 0 aliphatic carbocycles. The summed E-state index contributed by atoms with van der Waals surface area (Å²) in [6.45, 7) is 10.2. The Morgan fingerprint density at radius 3 is 2.13 bits per heavy atom. The minimum Gasteiger partial charge on any atom is -0.372 e. The van der Waals surface area contributed by atoms with Gasteiger partial charge in [-0.2, -0.15) is 0 Å². The Bertz CT molecular complexity index is 1150. The van der Waals surface area contributed by atoms with Gasteiger partial charge in [-0.1, -0.05) is 54.1 Å². The van der Waals surface area contributed by atoms with E-state index in [4.69, 9.17) is 0 Å². The Morgan fingerprint density at radius 2 is 1.55 bits per heavy atom. The van der Waals surface area contributed by atoms with Gasteiger partial charge in [-0.3, -0.25) is 4.72 Å². The van der Waals surface area contributed by atoms with E-state index in [1.807, 2.05) is 37.3 Å². The first kappa shape index (κ1) is 22.6. The molecule has 0 bridgehead atoms. The first-order valence-electron chi connectivity index (χ1n) is 10.6. The number of nitrogens with zero attached hydrogens (tertiary/aromatic N) is 1. The highest BCUT2D eigenvalue weighted by molar-refractivity contribution is 7.89. The van der Waals surface area contributed by atoms with Crippen molar-refractivity contribution in [1.29, 1.82) is 0 Å². The number of rotatable bonds is 8. The maximum Gasteiger partial charge on any atom is 0.261 e. The lowest BCUT2D eigenvalue weighted by Crippen LogP contribution is -2.22. The van der Waals surface area contributed by atoms with Gasteiger partial charge in [0.15, 0.2) is 0 Å². The molecule has 0 atom stereocenters. The molecule has 0 aliphatic heterocycles. The van der Waals surface area contributed by atoms with Crippen molar-refractivity contribution in [2.45, 2.75) is 32.6 Å². The second-order valence-electron chi connectivity index (χ2n) is 7.53. The molecule has 31 heavy (non-hydrogen) atoms. The molecule has 0 fully saturated rings. The molecule has 0 saturated carbocycles. The molecule has 0 spiro atoms. The lowest BCUT2D eigenvalue weighted by molar-refractivity contribution is 0.590. The molecule has 0 radical (unpaired) electrons. The van der Waals surface area contributed by atoms with Crippen molar-refractivity contribution in [2.24, 2.45) is 0 Å². The largest absolute Gasteiger partial charge is 0.372 e. The minimum absolute atomic E-state index is 0.246. The Morgan fingerprint density at radius 1 is 0.903 bits per heavy atom. The van der Waals surface area contributed by atoms with Gasteiger partial charge in [-0.15, -0.1) is 0 Å². The molecular formula is C26H30N2O2S. The normalized spacial score (nSPS) is 11.9. The average molecular weight is 435 g/mol. The number of hydrogen-bond donors (Lipinski definition) is 1. The van der Waals surface area contributed by atoms with E-state index in [0.29, 0.717) is 0 Å². The predicted octanol–water partition coefficient (Wildman–Crippen LogP) is 5.52. The van der Waals surface area contributed by atoms with Crippen LogP contribution in [0, 0.1) is 13.8 Å². The molecule has 1 N–H and O–H groups in total. The van der Waals surface area contributed by atoms with Crippen LogP contribution in [-0.4, -0.2) is 21.5 Å². The molecule has 0 saturated heterocycles. The minimum atomic E-state index is -3.67. The third-order valence-electron chi connectivity index (χ3n) is 5.40. The van der Waals surface area contributed by atoms with Crippen molar-refractivity contribution in [3.05, 3.63) is 101 Å². The van der Waals surface area contributed by atoms with E-state index in [1.165, 1.54) is 5.69 Å². The van der Waals surface area contributed by atoms with E-state index in [2.05, 4.69) is 48.6 Å². The van der Waals surface area contributed by atoms with Gasteiger partial charge >= 0.3 is 0 Å². The molecule has 0 aromatic heterocycles. The van der Waals surface area contributed by atoms with Gasteiger partial charge < -0.3 is 4.90 Å². The van der Waals surface area contributed by atoms with Gasteiger partial charge in [0.05, 0.1) is 4.90 Å². The Hall–Kier alpha value is -3.05. The van der Waals surface area contributed by atoms with Crippen molar-refractivity contribution in [1.82, 2.24) is 4.72 Å². The van der Waals surface area contributed by atoms with Gasteiger partial charge in [0, 0.05) is 30.5 Å². The predicted molar refractivity (Wildman–Crippen MR) is 130 cm³/mol. The highest BCUT2D eigenvalue weighted by atomic mass is 32.2. The number of hydrogen-bond acceptors (Lipinski definition) is 3. The summed E-state index contributed by atoms with van der Waals surface area (Å²) >= 11 is 0. The number of benzene rings is 3. The molecule has 0 unspecified atom stereocenters. The van der Waals surface area contributed by atoms with E-state index < -0.39 is 10.0 Å². The van der Waals surface area contributed by atoms with E-state index in [0.717, 1.165) is 40.9 Å². The maximum absolute atomic E-state index is 12.9. The Kier molecular flexibility index (Phi) is 7.18. The van der Waals surface area contributed by atoms with Crippen molar-refractivity contribution >= 4 is 21.3 Å². The summed E-state index contributed by atoms with van der Waals surface area (Å²) in [5.41, 5.74) is 6.05. The zero-order valence-electron chi connectivity index (χ0n) is 18.6. The summed E-state index contributed by atoms with van der Waals surface area (Å²) in [7, 11) is -3.67. The van der Waals surface area contributed by atoms with E-state index in [9.17, 15) is 8.42 Å². The Labute approximate surface area is 186 Å². The van der Waals surface area contributed by atoms with Crippen LogP contribution in [0.2, 0.25) is 0 Å². The van der Waals surface area contributed by atoms with Gasteiger partial charge in [0.1, 0.15) is 0 Å². The quantitative estimate of drug-likeness (QED) is 0.508. The lowest BCUT2D eigenvalue weighted by Gasteiger charge is -2.23. The van der Waals surface area contributed by atoms with Crippen LogP contribution in [0.1, 0.15) is 36.1 Å². The third-order valence-corrected chi connectivity index (χ3v) is 6.72. The smallest absolute Gasteiger partial charge is 0.261 e. The second kappa shape index (κ2) is 9.84. The van der Waals surface area contributed by atoms with Crippen molar-refractivity contribution in [3.63, 3.8) is 0 Å². The van der Waals surface area contributed by atoms with Crippen LogP contribution >= 0.6 is 0 Å². The first-order chi connectivity index (χ1) is 14.9. The number of sulfonamides is 1. The highest BCUT2D eigenvalue weighted by Crippen LogP contribution is 2.29. The number of nitrogens with one attached hydrogen (secondary N) is 1. The van der Waals surface area contributed by atoms with Gasteiger partial charge in [0.2, 0.25) is 0 Å². The summed E-state index contributed by atoms with van der Waals surface area (Å²) in [5, 5.41) is 0. The van der Waals surface area contributed by atoms with Crippen LogP contribution in [-0.2, 0) is 10.0 Å². The zero-order valence-corrected chi connectivity index (χ0v) is 19.4. The summed E-state index contributed by atoms with van der Waals surface area (Å²) in [4.78, 5) is 2.54. The van der Waals surface area contributed by atoms with Crippen LogP contribution < -0.4 is 9.62 Å². The molecule has 162 valence electrons. The first-order valence-corrected chi connectivity index (χ1v) is 12.0. The van der Waals surface area contributed by atoms with E-state index >= 15 is 0 Å². The topological polar surface area (TPSA) is 49.4 Å². The summed E-state index contributed by atoms with van der Waals surface area (Å²) in [6, 6.07) is 23.0. The molecule has 3 aromatic carbocycles. The average Bonchev–Trinajstić information content (AvgIpc) is 2.77. The molecule has 0 aliphatic rings. The van der Waals surface area contributed by atoms with Gasteiger partial charge in [-0.05, 0) is 68.7 Å². The van der Waals surface area contributed by atoms with Gasteiger partial charge in [-0.25, -0.2) is 8.42 Å². The molecule has 5 heteroatoms. The molecule has 3 aromatic rings. The zero-order chi connectivity index (χ0) is 22.4.